The van der Waals surface area contributed by atoms with Gasteiger partial charge in [0.05, 0.1) is 12.1 Å². The molecule has 0 aliphatic rings. The van der Waals surface area contributed by atoms with Crippen LogP contribution >= 0.6 is 11.6 Å². The van der Waals surface area contributed by atoms with Crippen LogP contribution in [0.2, 0.25) is 0 Å². The molecule has 20 heavy (non-hydrogen) atoms. The maximum absolute atomic E-state index is 13.4. The van der Waals surface area contributed by atoms with Crippen molar-refractivity contribution in [3.63, 3.8) is 0 Å². The zero-order valence-electron chi connectivity index (χ0n) is 10.4. The molecule has 0 saturated carbocycles. The van der Waals surface area contributed by atoms with Crippen molar-refractivity contribution in [2.24, 2.45) is 0 Å². The molecule has 0 unspecified atom stereocenters. The quantitative estimate of drug-likeness (QED) is 0.638. The molecule has 0 saturated heterocycles. The second-order valence-electron chi connectivity index (χ2n) is 3.87. The lowest BCUT2D eigenvalue weighted by Crippen LogP contribution is -1.99. The molecule has 0 fully saturated rings. The fourth-order valence-electron chi connectivity index (χ4n) is 1.50. The third-order valence-corrected chi connectivity index (χ3v) is 2.56. The van der Waals surface area contributed by atoms with Gasteiger partial charge in [0.15, 0.2) is 0 Å². The summed E-state index contributed by atoms with van der Waals surface area (Å²) in [6.07, 6.45) is 3.07. The van der Waals surface area contributed by atoms with E-state index in [1.54, 1.807) is 12.3 Å². The Morgan fingerprint density at radius 2 is 2.05 bits per heavy atom. The summed E-state index contributed by atoms with van der Waals surface area (Å²) in [6.45, 7) is -0.0137. The topological polar surface area (TPSA) is 22.1 Å². The maximum Gasteiger partial charge on any atom is 0.139 e. The highest BCUT2D eigenvalue weighted by molar-refractivity contribution is 6.19. The molecule has 0 radical (unpaired) electrons. The van der Waals surface area contributed by atoms with Gasteiger partial charge in [-0.05, 0) is 18.2 Å². The molecule has 0 aliphatic heterocycles. The van der Waals surface area contributed by atoms with Crippen LogP contribution < -0.4 is 4.74 Å². The molecule has 2 nitrogen and oxygen atoms in total. The van der Waals surface area contributed by atoms with Gasteiger partial charge in [0.1, 0.15) is 24.0 Å². The van der Waals surface area contributed by atoms with Crippen molar-refractivity contribution in [1.29, 1.82) is 0 Å². The third-order valence-electron chi connectivity index (χ3n) is 2.42. The summed E-state index contributed by atoms with van der Waals surface area (Å²) in [5.74, 6) is 4.92. The summed E-state index contributed by atoms with van der Waals surface area (Å²) in [4.78, 5) is 3.96. The Morgan fingerprint density at radius 1 is 1.20 bits per heavy atom. The molecule has 0 aliphatic carbocycles. The van der Waals surface area contributed by atoms with Crippen LogP contribution in [0.1, 0.15) is 11.1 Å². The van der Waals surface area contributed by atoms with Gasteiger partial charge in [0.25, 0.3) is 0 Å². The smallest absolute Gasteiger partial charge is 0.139 e. The van der Waals surface area contributed by atoms with Gasteiger partial charge in [0, 0.05) is 23.4 Å². The van der Waals surface area contributed by atoms with Crippen LogP contribution in [0.4, 0.5) is 8.78 Å². The van der Waals surface area contributed by atoms with Gasteiger partial charge in [-0.15, -0.1) is 11.6 Å². The van der Waals surface area contributed by atoms with Gasteiger partial charge >= 0.3 is 0 Å². The van der Waals surface area contributed by atoms with Gasteiger partial charge < -0.3 is 4.74 Å². The molecule has 2 aromatic rings. The number of pyridine rings is 1. The first kappa shape index (κ1) is 14.3. The van der Waals surface area contributed by atoms with E-state index in [4.69, 9.17) is 16.3 Å². The van der Waals surface area contributed by atoms with Crippen molar-refractivity contribution in [3.05, 3.63) is 59.4 Å². The second kappa shape index (κ2) is 6.88. The lowest BCUT2D eigenvalue weighted by atomic mass is 10.2. The van der Waals surface area contributed by atoms with Crippen molar-refractivity contribution in [2.45, 2.75) is 6.61 Å². The van der Waals surface area contributed by atoms with Gasteiger partial charge in [-0.2, -0.15) is 0 Å². The van der Waals surface area contributed by atoms with Gasteiger partial charge in [-0.3, -0.25) is 4.98 Å². The first-order valence-corrected chi connectivity index (χ1v) is 6.29. The van der Waals surface area contributed by atoms with E-state index in [-0.39, 0.29) is 18.1 Å². The van der Waals surface area contributed by atoms with Gasteiger partial charge in [0.2, 0.25) is 0 Å². The molecule has 0 atom stereocenters. The fourth-order valence-corrected chi connectivity index (χ4v) is 1.57. The number of aromatic nitrogens is 1. The number of hydrogen-bond acceptors (Lipinski definition) is 2. The minimum Gasteiger partial charge on any atom is -0.487 e. The summed E-state index contributed by atoms with van der Waals surface area (Å²) in [5.41, 5.74) is 0.923. The first-order valence-electron chi connectivity index (χ1n) is 5.75. The number of ether oxygens (including phenoxy) is 1. The normalized spacial score (nSPS) is 9.75. The summed E-state index contributed by atoms with van der Waals surface area (Å²) in [5, 5.41) is 0. The maximum atomic E-state index is 13.4. The van der Waals surface area contributed by atoms with Crippen molar-refractivity contribution in [1.82, 2.24) is 4.98 Å². The van der Waals surface area contributed by atoms with Crippen LogP contribution in [0.3, 0.4) is 0 Å². The molecule has 0 spiro atoms. The highest BCUT2D eigenvalue weighted by atomic mass is 35.5. The van der Waals surface area contributed by atoms with Crippen molar-refractivity contribution in [2.75, 3.05) is 5.88 Å². The first-order chi connectivity index (χ1) is 9.69. The number of benzene rings is 1. The number of alkyl halides is 1. The molecule has 1 aromatic heterocycles. The molecule has 1 aromatic carbocycles. The summed E-state index contributed by atoms with van der Waals surface area (Å²) < 4.78 is 31.6. The molecule has 0 N–H and O–H groups in total. The molecule has 0 bridgehead atoms. The predicted octanol–water partition coefficient (Wildman–Crippen LogP) is 3.53. The average Bonchev–Trinajstić information content (AvgIpc) is 2.45. The number of nitrogens with zero attached hydrogens (tertiary/aromatic N) is 1. The average molecular weight is 294 g/mol. The standard InChI is InChI=1S/C15H10ClF2NO/c16-5-1-2-11-6-14(9-19-8-11)20-10-12-3-4-13(17)7-15(12)18/h3-4,6-9H,5,10H2. The van der Waals surface area contributed by atoms with Crippen LogP contribution in [0.25, 0.3) is 0 Å². The van der Waals surface area contributed by atoms with E-state index in [0.29, 0.717) is 11.3 Å². The zero-order valence-corrected chi connectivity index (χ0v) is 11.1. The largest absolute Gasteiger partial charge is 0.487 e. The second-order valence-corrected chi connectivity index (χ2v) is 4.14. The van der Waals surface area contributed by atoms with Gasteiger partial charge in [-0.25, -0.2) is 8.78 Å². The Kier molecular flexibility index (Phi) is 4.91. The van der Waals surface area contributed by atoms with Crippen molar-refractivity contribution >= 4 is 11.6 Å². The van der Waals surface area contributed by atoms with E-state index in [9.17, 15) is 8.78 Å². The molecule has 102 valence electrons. The lowest BCUT2D eigenvalue weighted by molar-refractivity contribution is 0.298. The predicted molar refractivity (Wildman–Crippen MR) is 72.5 cm³/mol. The summed E-state index contributed by atoms with van der Waals surface area (Å²) in [7, 11) is 0. The van der Waals surface area contributed by atoms with E-state index in [0.717, 1.165) is 6.07 Å². The van der Waals surface area contributed by atoms with E-state index in [2.05, 4.69) is 16.8 Å². The van der Waals surface area contributed by atoms with Gasteiger partial charge in [-0.1, -0.05) is 11.8 Å². The molecular weight excluding hydrogens is 284 g/mol. The number of halogens is 3. The van der Waals surface area contributed by atoms with Crippen LogP contribution in [-0.2, 0) is 6.61 Å². The third kappa shape index (κ3) is 3.94. The summed E-state index contributed by atoms with van der Waals surface area (Å²) >= 11 is 5.47. The zero-order chi connectivity index (χ0) is 14.4. The Balaban J connectivity index is 2.07. The highest BCUT2D eigenvalue weighted by Crippen LogP contribution is 2.15. The lowest BCUT2D eigenvalue weighted by Gasteiger charge is -2.07. The number of hydrogen-bond donors (Lipinski definition) is 0. The number of rotatable bonds is 3. The van der Waals surface area contributed by atoms with Crippen LogP contribution in [0.5, 0.6) is 5.75 Å². The Bertz CT molecular complexity index is 664. The Labute approximate surface area is 120 Å². The van der Waals surface area contributed by atoms with Crippen LogP contribution in [0.15, 0.2) is 36.7 Å². The van der Waals surface area contributed by atoms with Crippen LogP contribution in [-0.4, -0.2) is 10.9 Å². The van der Waals surface area contributed by atoms with E-state index in [1.807, 2.05) is 0 Å². The molecular formula is C15H10ClF2NO. The Morgan fingerprint density at radius 3 is 2.80 bits per heavy atom. The highest BCUT2D eigenvalue weighted by Gasteiger charge is 2.05. The van der Waals surface area contributed by atoms with Crippen molar-refractivity contribution < 1.29 is 13.5 Å². The minimum absolute atomic E-state index is 0.0137. The van der Waals surface area contributed by atoms with Crippen molar-refractivity contribution in [3.8, 4) is 17.6 Å². The molecule has 5 heteroatoms. The van der Waals surface area contributed by atoms with E-state index < -0.39 is 11.6 Å². The summed E-state index contributed by atoms with van der Waals surface area (Å²) in [6, 6.07) is 5.02. The fraction of sp³-hybridized carbons (Fsp3) is 0.133. The minimum atomic E-state index is -0.643. The Hall–Kier alpha value is -2.12. The SMILES string of the molecule is Fc1ccc(COc2cncc(C#CCCl)c2)c(F)c1. The van der Waals surface area contributed by atoms with E-state index in [1.165, 1.54) is 18.3 Å². The molecule has 2 rings (SSSR count). The van der Waals surface area contributed by atoms with Crippen LogP contribution in [0, 0.1) is 23.5 Å². The molecule has 0 amide bonds. The monoisotopic (exact) mass is 293 g/mol. The van der Waals surface area contributed by atoms with E-state index >= 15 is 0 Å². The molecule has 1 heterocycles.